The van der Waals surface area contributed by atoms with E-state index < -0.39 is 10.0 Å². The van der Waals surface area contributed by atoms with Gasteiger partial charge in [-0.25, -0.2) is 8.42 Å². The highest BCUT2D eigenvalue weighted by molar-refractivity contribution is 7.92. The number of carbonyl (C=O) groups excluding carboxylic acids is 1. The van der Waals surface area contributed by atoms with Crippen molar-refractivity contribution in [2.24, 2.45) is 0 Å². The molecule has 0 aromatic heterocycles. The van der Waals surface area contributed by atoms with Gasteiger partial charge in [-0.15, -0.1) is 0 Å². The number of nitrogens with one attached hydrogen (secondary N) is 2. The Morgan fingerprint density at radius 3 is 2.69 bits per heavy atom. The molecule has 138 valence electrons. The third kappa shape index (κ3) is 3.99. The van der Waals surface area contributed by atoms with Crippen LogP contribution in [0.4, 0.5) is 11.4 Å². The fraction of sp³-hybridized carbons (Fsp3) is 0.316. The molecule has 0 atom stereocenters. The van der Waals surface area contributed by atoms with Crippen LogP contribution in [0.15, 0.2) is 41.3 Å². The second kappa shape index (κ2) is 7.37. The number of amides is 1. The lowest BCUT2D eigenvalue weighted by Crippen LogP contribution is -2.19. The Hall–Kier alpha value is -2.54. The largest absolute Gasteiger partial charge is 0.493 e. The van der Waals surface area contributed by atoms with Gasteiger partial charge in [0.15, 0.2) is 0 Å². The lowest BCUT2D eigenvalue weighted by molar-refractivity contribution is -0.116. The molecule has 0 bridgehead atoms. The first-order valence-electron chi connectivity index (χ1n) is 8.58. The fourth-order valence-electron chi connectivity index (χ4n) is 2.82. The molecule has 0 saturated heterocycles. The highest BCUT2D eigenvalue weighted by Crippen LogP contribution is 2.28. The van der Waals surface area contributed by atoms with Gasteiger partial charge in [0.1, 0.15) is 5.75 Å². The van der Waals surface area contributed by atoms with E-state index in [1.54, 1.807) is 36.4 Å². The van der Waals surface area contributed by atoms with Gasteiger partial charge in [0, 0.05) is 17.8 Å². The molecule has 2 N–H and O–H groups in total. The summed E-state index contributed by atoms with van der Waals surface area (Å²) in [6, 6.07) is 9.95. The van der Waals surface area contributed by atoms with Gasteiger partial charge in [0.25, 0.3) is 10.0 Å². The molecule has 7 heteroatoms. The average molecular weight is 374 g/mol. The molecule has 0 saturated carbocycles. The molecular formula is C19H22N2O4S. The molecule has 1 amide bonds. The quantitative estimate of drug-likeness (QED) is 0.811. The molecule has 1 aliphatic rings. The zero-order chi connectivity index (χ0) is 18.7. The third-order valence-corrected chi connectivity index (χ3v) is 5.55. The maximum absolute atomic E-state index is 12.7. The van der Waals surface area contributed by atoms with Crippen LogP contribution in [0.1, 0.15) is 30.9 Å². The predicted octanol–water partition coefficient (Wildman–Crippen LogP) is 3.47. The molecule has 0 spiro atoms. The molecule has 2 aromatic carbocycles. The molecule has 6 nitrogen and oxygen atoms in total. The summed E-state index contributed by atoms with van der Waals surface area (Å²) >= 11 is 0. The Balaban J connectivity index is 1.81. The van der Waals surface area contributed by atoms with Crippen molar-refractivity contribution in [3.05, 3.63) is 47.5 Å². The molecule has 3 rings (SSSR count). The molecular weight excluding hydrogens is 352 g/mol. The second-order valence-electron chi connectivity index (χ2n) is 6.30. The monoisotopic (exact) mass is 374 g/mol. The Labute approximate surface area is 153 Å². The first kappa shape index (κ1) is 18.3. The molecule has 0 unspecified atom stereocenters. The van der Waals surface area contributed by atoms with Gasteiger partial charge >= 0.3 is 0 Å². The van der Waals surface area contributed by atoms with Crippen LogP contribution in [0, 0.1) is 6.92 Å². The first-order valence-corrected chi connectivity index (χ1v) is 10.1. The van der Waals surface area contributed by atoms with Gasteiger partial charge in [-0.05, 0) is 67.3 Å². The van der Waals surface area contributed by atoms with E-state index in [1.165, 1.54) is 0 Å². The third-order valence-electron chi connectivity index (χ3n) is 4.17. The summed E-state index contributed by atoms with van der Waals surface area (Å²) in [5.41, 5.74) is 2.90. The maximum atomic E-state index is 12.7. The van der Waals surface area contributed by atoms with Crippen LogP contribution in [-0.4, -0.2) is 20.9 Å². The lowest BCUT2D eigenvalue weighted by Gasteiger charge is -2.18. The highest BCUT2D eigenvalue weighted by atomic mass is 32.2. The zero-order valence-corrected chi connectivity index (χ0v) is 15.7. The van der Waals surface area contributed by atoms with E-state index >= 15 is 0 Å². The van der Waals surface area contributed by atoms with Gasteiger partial charge in [0.05, 0.1) is 11.5 Å². The van der Waals surface area contributed by atoms with Crippen molar-refractivity contribution in [3.8, 4) is 5.75 Å². The average Bonchev–Trinajstić information content (AvgIpc) is 2.60. The van der Waals surface area contributed by atoms with E-state index in [0.717, 1.165) is 23.2 Å². The van der Waals surface area contributed by atoms with Crippen LogP contribution in [0.3, 0.4) is 0 Å². The topological polar surface area (TPSA) is 84.5 Å². The van der Waals surface area contributed by atoms with Crippen molar-refractivity contribution in [2.75, 3.05) is 16.6 Å². The Kier molecular flexibility index (Phi) is 5.18. The number of fused-ring (bicyclic) bond motifs is 1. The van der Waals surface area contributed by atoms with Crippen molar-refractivity contribution in [2.45, 2.75) is 38.0 Å². The van der Waals surface area contributed by atoms with Crippen LogP contribution in [-0.2, 0) is 21.2 Å². The minimum Gasteiger partial charge on any atom is -0.493 e. The summed E-state index contributed by atoms with van der Waals surface area (Å²) in [4.78, 5) is 11.6. The zero-order valence-electron chi connectivity index (χ0n) is 14.8. The van der Waals surface area contributed by atoms with Crippen LogP contribution in [0.25, 0.3) is 0 Å². The summed E-state index contributed by atoms with van der Waals surface area (Å²) in [6.07, 6.45) is 1.89. The maximum Gasteiger partial charge on any atom is 0.261 e. The smallest absolute Gasteiger partial charge is 0.261 e. The van der Waals surface area contributed by atoms with Gasteiger partial charge < -0.3 is 10.1 Å². The molecule has 2 aromatic rings. The number of anilines is 2. The number of benzene rings is 2. The normalized spacial score (nSPS) is 13.7. The highest BCUT2D eigenvalue weighted by Gasteiger charge is 2.19. The van der Waals surface area contributed by atoms with Crippen molar-refractivity contribution in [1.29, 1.82) is 0 Å². The van der Waals surface area contributed by atoms with Crippen molar-refractivity contribution >= 4 is 27.3 Å². The number of hydrogen-bond donors (Lipinski definition) is 2. The molecule has 1 heterocycles. The van der Waals surface area contributed by atoms with Gasteiger partial charge in [-0.2, -0.15) is 0 Å². The number of aryl methyl sites for hydroxylation is 2. The Morgan fingerprint density at radius 1 is 1.15 bits per heavy atom. The SMILES string of the molecule is CCCOc1ccc(S(=O)(=O)Nc2ccc3c(c2)CCC(=O)N3)cc1C. The van der Waals surface area contributed by atoms with Gasteiger partial charge in [-0.1, -0.05) is 6.92 Å². The van der Waals surface area contributed by atoms with Crippen LogP contribution in [0.5, 0.6) is 5.75 Å². The predicted molar refractivity (Wildman–Crippen MR) is 101 cm³/mol. The number of rotatable bonds is 6. The summed E-state index contributed by atoms with van der Waals surface area (Å²) < 4.78 is 33.6. The fourth-order valence-corrected chi connectivity index (χ4v) is 3.96. The number of carbonyl (C=O) groups is 1. The van der Waals surface area contributed by atoms with E-state index in [9.17, 15) is 13.2 Å². The van der Waals surface area contributed by atoms with E-state index in [-0.39, 0.29) is 10.8 Å². The first-order chi connectivity index (χ1) is 12.4. The summed E-state index contributed by atoms with van der Waals surface area (Å²) in [7, 11) is -3.70. The van der Waals surface area contributed by atoms with Crippen LogP contribution < -0.4 is 14.8 Å². The second-order valence-corrected chi connectivity index (χ2v) is 7.98. The summed E-state index contributed by atoms with van der Waals surface area (Å²) in [5, 5.41) is 2.78. The van der Waals surface area contributed by atoms with Crippen LogP contribution in [0.2, 0.25) is 0 Å². The Morgan fingerprint density at radius 2 is 1.96 bits per heavy atom. The van der Waals surface area contributed by atoms with Crippen molar-refractivity contribution < 1.29 is 17.9 Å². The molecule has 26 heavy (non-hydrogen) atoms. The van der Waals surface area contributed by atoms with E-state index in [0.29, 0.717) is 30.9 Å². The van der Waals surface area contributed by atoms with E-state index in [4.69, 9.17) is 4.74 Å². The minimum atomic E-state index is -3.70. The lowest BCUT2D eigenvalue weighted by atomic mass is 10.0. The standard InChI is InChI=1S/C19H22N2O4S/c1-3-10-25-18-8-6-16(11-13(18)2)26(23,24)21-15-5-7-17-14(12-15)4-9-19(22)20-17/h5-8,11-12,21H,3-4,9-10H2,1-2H3,(H,20,22). The number of sulfonamides is 1. The summed E-state index contributed by atoms with van der Waals surface area (Å²) in [6.45, 7) is 4.44. The number of hydrogen-bond acceptors (Lipinski definition) is 4. The van der Waals surface area contributed by atoms with Crippen molar-refractivity contribution in [1.82, 2.24) is 0 Å². The minimum absolute atomic E-state index is 0.0216. The molecule has 0 aliphatic carbocycles. The van der Waals surface area contributed by atoms with Crippen molar-refractivity contribution in [3.63, 3.8) is 0 Å². The van der Waals surface area contributed by atoms with E-state index in [2.05, 4.69) is 10.0 Å². The number of ether oxygens (including phenoxy) is 1. The Bertz CT molecular complexity index is 939. The van der Waals surface area contributed by atoms with E-state index in [1.807, 2.05) is 13.8 Å². The summed E-state index contributed by atoms with van der Waals surface area (Å²) in [5.74, 6) is 0.669. The van der Waals surface area contributed by atoms with Crippen LogP contribution >= 0.6 is 0 Å². The molecule has 0 radical (unpaired) electrons. The molecule has 1 aliphatic heterocycles. The van der Waals surface area contributed by atoms with Gasteiger partial charge in [-0.3, -0.25) is 9.52 Å². The van der Waals surface area contributed by atoms with Gasteiger partial charge in [0.2, 0.25) is 5.91 Å². The molecule has 0 fully saturated rings.